The summed E-state index contributed by atoms with van der Waals surface area (Å²) in [5.41, 5.74) is 0.709. The number of nitrogens with one attached hydrogen (secondary N) is 1. The number of halogens is 1. The van der Waals surface area contributed by atoms with Crippen LogP contribution in [0.15, 0.2) is 53.4 Å². The minimum absolute atomic E-state index is 0.0788. The third kappa shape index (κ3) is 3.94. The molecule has 26 heavy (non-hydrogen) atoms. The Morgan fingerprint density at radius 3 is 2.35 bits per heavy atom. The van der Waals surface area contributed by atoms with Crippen LogP contribution in [0.5, 0.6) is 0 Å². The lowest BCUT2D eigenvalue weighted by Crippen LogP contribution is -2.36. The molecule has 2 aromatic rings. The zero-order valence-corrected chi connectivity index (χ0v) is 15.1. The summed E-state index contributed by atoms with van der Waals surface area (Å²) in [6.45, 7) is 0.478. The van der Waals surface area contributed by atoms with Crippen LogP contribution in [0.3, 0.4) is 0 Å². The third-order valence-corrected chi connectivity index (χ3v) is 5.68. The Kier molecular flexibility index (Phi) is 5.11. The van der Waals surface area contributed by atoms with Gasteiger partial charge in [0.2, 0.25) is 15.9 Å². The molecular weight excluding hydrogens is 355 g/mol. The second kappa shape index (κ2) is 7.17. The molecule has 0 spiro atoms. The highest BCUT2D eigenvalue weighted by atomic mass is 32.2. The van der Waals surface area contributed by atoms with Gasteiger partial charge < -0.3 is 5.32 Å². The van der Waals surface area contributed by atoms with Gasteiger partial charge in [-0.25, -0.2) is 17.9 Å². The van der Waals surface area contributed by atoms with Crippen molar-refractivity contribution in [2.45, 2.75) is 36.0 Å². The molecule has 0 radical (unpaired) electrons. The second-order valence-electron chi connectivity index (χ2n) is 6.61. The topological polar surface area (TPSA) is 89.3 Å². The van der Waals surface area contributed by atoms with Crippen molar-refractivity contribution in [3.05, 3.63) is 65.5 Å². The maximum Gasteiger partial charge on any atom is 0.238 e. The molecule has 1 saturated carbocycles. The Morgan fingerprint density at radius 2 is 1.77 bits per heavy atom. The van der Waals surface area contributed by atoms with Gasteiger partial charge in [0.15, 0.2) is 0 Å². The van der Waals surface area contributed by atoms with E-state index in [0.717, 1.165) is 5.56 Å². The summed E-state index contributed by atoms with van der Waals surface area (Å²) in [6, 6.07) is 12.8. The van der Waals surface area contributed by atoms with Gasteiger partial charge in [-0.15, -0.1) is 0 Å². The first-order chi connectivity index (χ1) is 12.3. The van der Waals surface area contributed by atoms with E-state index in [9.17, 15) is 17.6 Å². The van der Waals surface area contributed by atoms with Crippen LogP contribution < -0.4 is 10.5 Å². The molecule has 1 aliphatic carbocycles. The molecule has 5 nitrogen and oxygen atoms in total. The average Bonchev–Trinajstić information content (AvgIpc) is 3.40. The van der Waals surface area contributed by atoms with Gasteiger partial charge >= 0.3 is 0 Å². The summed E-state index contributed by atoms with van der Waals surface area (Å²) in [5.74, 6) is -0.470. The molecule has 0 saturated heterocycles. The number of rotatable bonds is 7. The van der Waals surface area contributed by atoms with Crippen molar-refractivity contribution in [3.8, 4) is 0 Å². The van der Waals surface area contributed by atoms with Crippen molar-refractivity contribution in [1.29, 1.82) is 0 Å². The standard InChI is InChI=1S/C19H21FN2O3S/c20-17-6-2-1-5-16(17)19(11-12-19)18(23)22-13-3-4-14-7-9-15(10-8-14)26(21,24)25/h1-2,5-10H,3-4,11-13H2,(H,22,23)(H2,21,24,25). The molecular formula is C19H21FN2O3S. The Balaban J connectivity index is 1.51. The summed E-state index contributed by atoms with van der Waals surface area (Å²) >= 11 is 0. The van der Waals surface area contributed by atoms with Crippen molar-refractivity contribution < 1.29 is 17.6 Å². The molecule has 0 aliphatic heterocycles. The van der Waals surface area contributed by atoms with E-state index in [2.05, 4.69) is 5.32 Å². The van der Waals surface area contributed by atoms with Crippen molar-refractivity contribution in [2.75, 3.05) is 6.54 Å². The normalized spacial score (nSPS) is 15.5. The average molecular weight is 376 g/mol. The summed E-state index contributed by atoms with van der Waals surface area (Å²) in [5, 5.41) is 7.96. The number of benzene rings is 2. The predicted molar refractivity (Wildman–Crippen MR) is 96.5 cm³/mol. The zero-order valence-electron chi connectivity index (χ0n) is 14.2. The highest BCUT2D eigenvalue weighted by Gasteiger charge is 2.52. The zero-order chi connectivity index (χ0) is 18.8. The molecule has 138 valence electrons. The number of hydrogen-bond acceptors (Lipinski definition) is 3. The van der Waals surface area contributed by atoms with E-state index in [1.54, 1.807) is 30.3 Å². The van der Waals surface area contributed by atoms with Crippen LogP contribution in [-0.2, 0) is 26.7 Å². The molecule has 7 heteroatoms. The predicted octanol–water partition coefficient (Wildman–Crippen LogP) is 2.25. The number of hydrogen-bond donors (Lipinski definition) is 2. The molecule has 0 bridgehead atoms. The summed E-state index contributed by atoms with van der Waals surface area (Å²) in [4.78, 5) is 12.6. The van der Waals surface area contributed by atoms with Crippen molar-refractivity contribution in [1.82, 2.24) is 5.32 Å². The number of nitrogens with two attached hydrogens (primary N) is 1. The molecule has 3 N–H and O–H groups in total. The molecule has 0 unspecified atom stereocenters. The van der Waals surface area contributed by atoms with Gasteiger partial charge in [-0.1, -0.05) is 30.3 Å². The third-order valence-electron chi connectivity index (χ3n) is 4.75. The van der Waals surface area contributed by atoms with E-state index in [1.165, 1.54) is 18.2 Å². The number of carbonyl (C=O) groups excluding carboxylic acids is 1. The highest BCUT2D eigenvalue weighted by molar-refractivity contribution is 7.89. The first-order valence-corrected chi connectivity index (χ1v) is 10.0. The van der Waals surface area contributed by atoms with E-state index in [-0.39, 0.29) is 16.6 Å². The molecule has 3 rings (SSSR count). The van der Waals surface area contributed by atoms with Crippen LogP contribution in [0, 0.1) is 5.82 Å². The molecule has 1 aliphatic rings. The van der Waals surface area contributed by atoms with E-state index in [0.29, 0.717) is 37.8 Å². The first-order valence-electron chi connectivity index (χ1n) is 8.48. The summed E-state index contributed by atoms with van der Waals surface area (Å²) in [7, 11) is -3.68. The van der Waals surface area contributed by atoms with Gasteiger partial charge in [0, 0.05) is 12.1 Å². The van der Waals surface area contributed by atoms with E-state index in [1.807, 2.05) is 0 Å². The van der Waals surface area contributed by atoms with E-state index < -0.39 is 15.4 Å². The van der Waals surface area contributed by atoms with E-state index >= 15 is 0 Å². The number of amides is 1. The van der Waals surface area contributed by atoms with Crippen molar-refractivity contribution in [2.24, 2.45) is 5.14 Å². The van der Waals surface area contributed by atoms with Gasteiger partial charge in [0.25, 0.3) is 0 Å². The number of sulfonamides is 1. The minimum Gasteiger partial charge on any atom is -0.355 e. The number of primary sulfonamides is 1. The summed E-state index contributed by atoms with van der Waals surface area (Å²) < 4.78 is 36.4. The van der Waals surface area contributed by atoms with Gasteiger partial charge in [0.1, 0.15) is 5.82 Å². The van der Waals surface area contributed by atoms with Crippen molar-refractivity contribution >= 4 is 15.9 Å². The summed E-state index contributed by atoms with van der Waals surface area (Å²) in [6.07, 6.45) is 2.72. The molecule has 1 amide bonds. The quantitative estimate of drug-likeness (QED) is 0.727. The van der Waals surface area contributed by atoms with Crippen molar-refractivity contribution in [3.63, 3.8) is 0 Å². The minimum atomic E-state index is -3.68. The second-order valence-corrected chi connectivity index (χ2v) is 8.17. The molecule has 2 aromatic carbocycles. The largest absolute Gasteiger partial charge is 0.355 e. The Morgan fingerprint density at radius 1 is 1.12 bits per heavy atom. The Bertz CT molecular complexity index is 907. The van der Waals surface area contributed by atoms with Crippen LogP contribution >= 0.6 is 0 Å². The lowest BCUT2D eigenvalue weighted by Gasteiger charge is -2.16. The van der Waals surface area contributed by atoms with Gasteiger partial charge in [-0.2, -0.15) is 0 Å². The molecule has 0 aromatic heterocycles. The molecule has 0 atom stereocenters. The van der Waals surface area contributed by atoms with Gasteiger partial charge in [0.05, 0.1) is 10.3 Å². The monoisotopic (exact) mass is 376 g/mol. The highest BCUT2D eigenvalue weighted by Crippen LogP contribution is 2.49. The van der Waals surface area contributed by atoms with Crippen LogP contribution in [0.4, 0.5) is 4.39 Å². The maximum absolute atomic E-state index is 14.0. The fourth-order valence-electron chi connectivity index (χ4n) is 3.10. The fourth-order valence-corrected chi connectivity index (χ4v) is 3.62. The fraction of sp³-hybridized carbons (Fsp3) is 0.316. The maximum atomic E-state index is 14.0. The Hall–Kier alpha value is -2.25. The first kappa shape index (κ1) is 18.5. The van der Waals surface area contributed by atoms with Gasteiger partial charge in [-0.3, -0.25) is 4.79 Å². The lowest BCUT2D eigenvalue weighted by molar-refractivity contribution is -0.123. The van der Waals surface area contributed by atoms with E-state index in [4.69, 9.17) is 5.14 Å². The SMILES string of the molecule is NS(=O)(=O)c1ccc(CCCNC(=O)C2(c3ccccc3F)CC2)cc1. The Labute approximate surface area is 152 Å². The van der Waals surface area contributed by atoms with Crippen LogP contribution in [0.1, 0.15) is 30.4 Å². The molecule has 0 heterocycles. The van der Waals surface area contributed by atoms with Crippen LogP contribution in [0.25, 0.3) is 0 Å². The van der Waals surface area contributed by atoms with Crippen LogP contribution in [-0.4, -0.2) is 20.9 Å². The lowest BCUT2D eigenvalue weighted by atomic mass is 9.94. The van der Waals surface area contributed by atoms with Crippen LogP contribution in [0.2, 0.25) is 0 Å². The molecule has 1 fully saturated rings. The number of carbonyl (C=O) groups is 1. The smallest absolute Gasteiger partial charge is 0.238 e. The van der Waals surface area contributed by atoms with Gasteiger partial charge in [-0.05, 0) is 49.4 Å². The number of aryl methyl sites for hydroxylation is 1.